The molecule has 1 aromatic heterocycles. The third-order valence-corrected chi connectivity index (χ3v) is 5.23. The summed E-state index contributed by atoms with van der Waals surface area (Å²) in [5.41, 5.74) is 8.20. The molecule has 0 aromatic carbocycles. The minimum atomic E-state index is -0.397. The van der Waals surface area contributed by atoms with Gasteiger partial charge in [0.05, 0.1) is 24.5 Å². The highest BCUT2D eigenvalue weighted by atomic mass is 32.2. The van der Waals surface area contributed by atoms with Crippen molar-refractivity contribution >= 4 is 23.5 Å². The third-order valence-electron chi connectivity index (χ3n) is 4.23. The summed E-state index contributed by atoms with van der Waals surface area (Å²) in [6.45, 7) is 3.01. The normalized spacial score (nSPS) is 17.4. The van der Waals surface area contributed by atoms with Crippen LogP contribution in [0.2, 0.25) is 0 Å². The fraction of sp³-hybridized carbons (Fsp3) is 0.562. The van der Waals surface area contributed by atoms with Gasteiger partial charge in [0.1, 0.15) is 16.9 Å². The molecule has 2 aliphatic rings. The number of nitriles is 1. The zero-order valence-corrected chi connectivity index (χ0v) is 13.8. The Kier molecular flexibility index (Phi) is 5.03. The standard InChI is InChI=1S/C16H20N4O2S/c17-9-13-11-3-1-2-4-12(11)15(20-5-7-22-8-6-20)19-16(13)23-10-14(18)21/h1-8,10H2,(H2,18,21). The molecule has 0 bridgehead atoms. The van der Waals surface area contributed by atoms with Crippen molar-refractivity contribution in [2.24, 2.45) is 5.73 Å². The maximum Gasteiger partial charge on any atom is 0.227 e. The Balaban J connectivity index is 2.04. The van der Waals surface area contributed by atoms with E-state index < -0.39 is 5.91 Å². The van der Waals surface area contributed by atoms with Crippen LogP contribution in [0.3, 0.4) is 0 Å². The Morgan fingerprint density at radius 3 is 2.65 bits per heavy atom. The number of carbonyl (C=O) groups is 1. The number of thioether (sulfide) groups is 1. The average molecular weight is 332 g/mol. The molecular formula is C16H20N4O2S. The molecule has 2 N–H and O–H groups in total. The molecule has 1 aliphatic carbocycles. The topological polar surface area (TPSA) is 92.2 Å². The third kappa shape index (κ3) is 3.43. The monoisotopic (exact) mass is 332 g/mol. The van der Waals surface area contributed by atoms with Crippen LogP contribution in [0.15, 0.2) is 5.03 Å². The Bertz CT molecular complexity index is 650. The van der Waals surface area contributed by atoms with Crippen molar-refractivity contribution in [2.75, 3.05) is 37.0 Å². The van der Waals surface area contributed by atoms with E-state index in [-0.39, 0.29) is 5.75 Å². The summed E-state index contributed by atoms with van der Waals surface area (Å²) in [5, 5.41) is 10.2. The SMILES string of the molecule is N#Cc1c(SCC(N)=O)nc(N2CCOCC2)c2c1CCCC2. The summed E-state index contributed by atoms with van der Waals surface area (Å²) in [6.07, 6.45) is 4.09. The number of hydrogen-bond donors (Lipinski definition) is 1. The predicted octanol–water partition coefficient (Wildman–Crippen LogP) is 1.25. The van der Waals surface area contributed by atoms with E-state index in [4.69, 9.17) is 15.5 Å². The minimum absolute atomic E-state index is 0.142. The van der Waals surface area contributed by atoms with Crippen LogP contribution < -0.4 is 10.6 Å². The number of rotatable bonds is 4. The highest BCUT2D eigenvalue weighted by Gasteiger charge is 2.26. The van der Waals surface area contributed by atoms with Gasteiger partial charge in [0.25, 0.3) is 0 Å². The van der Waals surface area contributed by atoms with Crippen molar-refractivity contribution in [1.82, 2.24) is 4.98 Å². The molecular weight excluding hydrogens is 312 g/mol. The molecule has 1 fully saturated rings. The van der Waals surface area contributed by atoms with Crippen molar-refractivity contribution in [2.45, 2.75) is 30.7 Å². The van der Waals surface area contributed by atoms with Crippen molar-refractivity contribution < 1.29 is 9.53 Å². The summed E-state index contributed by atoms with van der Waals surface area (Å²) >= 11 is 1.26. The zero-order valence-electron chi connectivity index (χ0n) is 13.0. The van der Waals surface area contributed by atoms with Crippen LogP contribution in [-0.2, 0) is 22.4 Å². The van der Waals surface area contributed by atoms with Gasteiger partial charge in [-0.2, -0.15) is 5.26 Å². The van der Waals surface area contributed by atoms with Gasteiger partial charge < -0.3 is 15.4 Å². The average Bonchev–Trinajstić information content (AvgIpc) is 2.59. The quantitative estimate of drug-likeness (QED) is 0.834. The van der Waals surface area contributed by atoms with Crippen LogP contribution in [0, 0.1) is 11.3 Å². The second-order valence-corrected chi connectivity index (χ2v) is 6.71. The van der Waals surface area contributed by atoms with Crippen LogP contribution in [0.1, 0.15) is 29.5 Å². The Hall–Kier alpha value is -1.78. The van der Waals surface area contributed by atoms with Crippen LogP contribution in [0.4, 0.5) is 5.82 Å². The highest BCUT2D eigenvalue weighted by Crippen LogP contribution is 2.36. The zero-order chi connectivity index (χ0) is 16.2. The summed E-state index contributed by atoms with van der Waals surface area (Å²) in [6, 6.07) is 2.30. The lowest BCUT2D eigenvalue weighted by molar-refractivity contribution is -0.115. The maximum atomic E-state index is 11.1. The fourth-order valence-electron chi connectivity index (χ4n) is 3.17. The molecule has 7 heteroatoms. The van der Waals surface area contributed by atoms with Gasteiger partial charge >= 0.3 is 0 Å². The fourth-order valence-corrected chi connectivity index (χ4v) is 3.92. The molecule has 1 saturated heterocycles. The van der Waals surface area contributed by atoms with Crippen LogP contribution in [-0.4, -0.2) is 42.9 Å². The van der Waals surface area contributed by atoms with E-state index in [0.29, 0.717) is 23.8 Å². The molecule has 3 rings (SSSR count). The molecule has 0 atom stereocenters. The van der Waals surface area contributed by atoms with Gasteiger partial charge in [-0.05, 0) is 36.8 Å². The largest absolute Gasteiger partial charge is 0.378 e. The molecule has 1 aliphatic heterocycles. The number of primary amides is 1. The van der Waals surface area contributed by atoms with Gasteiger partial charge in [-0.15, -0.1) is 0 Å². The number of hydrogen-bond acceptors (Lipinski definition) is 6. The molecule has 2 heterocycles. The van der Waals surface area contributed by atoms with Crippen molar-refractivity contribution in [3.05, 3.63) is 16.7 Å². The van der Waals surface area contributed by atoms with E-state index in [0.717, 1.165) is 50.2 Å². The number of amides is 1. The first-order chi connectivity index (χ1) is 11.2. The Morgan fingerprint density at radius 1 is 1.30 bits per heavy atom. The lowest BCUT2D eigenvalue weighted by Crippen LogP contribution is -2.38. The summed E-state index contributed by atoms with van der Waals surface area (Å²) < 4.78 is 5.43. The first kappa shape index (κ1) is 16.1. The Morgan fingerprint density at radius 2 is 2.00 bits per heavy atom. The number of ether oxygens (including phenoxy) is 1. The van der Waals surface area contributed by atoms with E-state index >= 15 is 0 Å². The highest BCUT2D eigenvalue weighted by molar-refractivity contribution is 8.00. The number of pyridine rings is 1. The smallest absolute Gasteiger partial charge is 0.227 e. The van der Waals surface area contributed by atoms with Gasteiger partial charge in [0.2, 0.25) is 5.91 Å². The van der Waals surface area contributed by atoms with Gasteiger partial charge in [-0.25, -0.2) is 4.98 Å². The van der Waals surface area contributed by atoms with E-state index in [9.17, 15) is 10.1 Å². The first-order valence-electron chi connectivity index (χ1n) is 7.90. The van der Waals surface area contributed by atoms with Gasteiger partial charge in [0.15, 0.2) is 0 Å². The number of carbonyl (C=O) groups excluding carboxylic acids is 1. The minimum Gasteiger partial charge on any atom is -0.378 e. The molecule has 6 nitrogen and oxygen atoms in total. The van der Waals surface area contributed by atoms with Gasteiger partial charge in [0, 0.05) is 13.1 Å². The van der Waals surface area contributed by atoms with Gasteiger partial charge in [-0.1, -0.05) is 11.8 Å². The maximum absolute atomic E-state index is 11.1. The number of morpholine rings is 1. The number of nitrogens with zero attached hydrogens (tertiary/aromatic N) is 3. The molecule has 0 unspecified atom stereocenters. The van der Waals surface area contributed by atoms with E-state index in [1.807, 2.05) is 0 Å². The lowest BCUT2D eigenvalue weighted by atomic mass is 9.89. The Labute approximate surface area is 140 Å². The second-order valence-electron chi connectivity index (χ2n) is 5.75. The van der Waals surface area contributed by atoms with E-state index in [2.05, 4.69) is 11.0 Å². The molecule has 122 valence electrons. The number of anilines is 1. The van der Waals surface area contributed by atoms with Crippen LogP contribution in [0.25, 0.3) is 0 Å². The van der Waals surface area contributed by atoms with Crippen molar-refractivity contribution in [3.8, 4) is 6.07 Å². The lowest BCUT2D eigenvalue weighted by Gasteiger charge is -2.32. The summed E-state index contributed by atoms with van der Waals surface area (Å²) in [7, 11) is 0. The molecule has 1 amide bonds. The number of fused-ring (bicyclic) bond motifs is 1. The molecule has 0 radical (unpaired) electrons. The summed E-state index contributed by atoms with van der Waals surface area (Å²) in [5.74, 6) is 0.712. The van der Waals surface area contributed by atoms with E-state index in [1.165, 1.54) is 17.3 Å². The molecule has 23 heavy (non-hydrogen) atoms. The number of aromatic nitrogens is 1. The molecule has 0 spiro atoms. The number of nitrogens with two attached hydrogens (primary N) is 1. The molecule has 0 saturated carbocycles. The molecule has 1 aromatic rings. The van der Waals surface area contributed by atoms with Crippen LogP contribution >= 0.6 is 11.8 Å². The predicted molar refractivity (Wildman–Crippen MR) is 88.5 cm³/mol. The van der Waals surface area contributed by atoms with Crippen molar-refractivity contribution in [3.63, 3.8) is 0 Å². The van der Waals surface area contributed by atoms with Crippen LogP contribution in [0.5, 0.6) is 0 Å². The van der Waals surface area contributed by atoms with E-state index in [1.54, 1.807) is 0 Å². The summed E-state index contributed by atoms with van der Waals surface area (Å²) in [4.78, 5) is 18.1. The second kappa shape index (κ2) is 7.20. The van der Waals surface area contributed by atoms with Crippen molar-refractivity contribution in [1.29, 1.82) is 5.26 Å². The van der Waals surface area contributed by atoms with Gasteiger partial charge in [-0.3, -0.25) is 4.79 Å². The first-order valence-corrected chi connectivity index (χ1v) is 8.89.